The van der Waals surface area contributed by atoms with E-state index in [1.54, 1.807) is 0 Å². The fourth-order valence-corrected chi connectivity index (χ4v) is 2.57. The van der Waals surface area contributed by atoms with E-state index in [4.69, 9.17) is 0 Å². The summed E-state index contributed by atoms with van der Waals surface area (Å²) in [4.78, 5) is 12.0. The third kappa shape index (κ3) is 4.95. The molecule has 0 bridgehead atoms. The van der Waals surface area contributed by atoms with Crippen LogP contribution in [0, 0.1) is 0 Å². The third-order valence-electron chi connectivity index (χ3n) is 3.82. The summed E-state index contributed by atoms with van der Waals surface area (Å²) in [5, 5.41) is 6.16. The van der Waals surface area contributed by atoms with Gasteiger partial charge in [-0.1, -0.05) is 54.6 Å². The molecule has 1 aliphatic rings. The van der Waals surface area contributed by atoms with E-state index in [1.807, 2.05) is 42.5 Å². The summed E-state index contributed by atoms with van der Waals surface area (Å²) in [7, 11) is 0. The van der Waals surface area contributed by atoms with Crippen molar-refractivity contribution in [2.75, 3.05) is 11.9 Å². The van der Waals surface area contributed by atoms with Gasteiger partial charge >= 0.3 is 0 Å². The Labute approximate surface area is 143 Å². The van der Waals surface area contributed by atoms with Gasteiger partial charge < -0.3 is 10.6 Å². The Morgan fingerprint density at radius 1 is 1.00 bits per heavy atom. The van der Waals surface area contributed by atoms with Gasteiger partial charge in [0.25, 0.3) is 0 Å². The molecule has 1 saturated heterocycles. The van der Waals surface area contributed by atoms with Gasteiger partial charge in [-0.2, -0.15) is 0 Å². The minimum atomic E-state index is -0.0438. The van der Waals surface area contributed by atoms with Crippen molar-refractivity contribution in [1.82, 2.24) is 5.32 Å². The molecule has 2 aromatic carbocycles. The third-order valence-corrected chi connectivity index (χ3v) is 3.82. The van der Waals surface area contributed by atoms with E-state index >= 15 is 0 Å². The molecule has 3 rings (SSSR count). The van der Waals surface area contributed by atoms with Crippen LogP contribution in [0.1, 0.15) is 24.0 Å². The lowest BCUT2D eigenvalue weighted by Crippen LogP contribution is -2.35. The molecule has 0 radical (unpaired) electrons. The smallest absolute Gasteiger partial charge is 0.241 e. The Morgan fingerprint density at radius 2 is 1.65 bits per heavy atom. The van der Waals surface area contributed by atoms with Crippen LogP contribution in [0.5, 0.6) is 0 Å². The second-order valence-corrected chi connectivity index (χ2v) is 5.50. The molecule has 120 valence electrons. The summed E-state index contributed by atoms with van der Waals surface area (Å²) < 4.78 is 0. The fourth-order valence-electron chi connectivity index (χ4n) is 2.57. The molecule has 1 heterocycles. The number of anilines is 1. The molecule has 4 heteroatoms. The van der Waals surface area contributed by atoms with E-state index in [1.165, 1.54) is 5.56 Å². The zero-order valence-electron chi connectivity index (χ0n) is 12.9. The molecule has 0 saturated carbocycles. The van der Waals surface area contributed by atoms with Crippen molar-refractivity contribution in [1.29, 1.82) is 0 Å². The minimum absolute atomic E-state index is 0. The standard InChI is InChI=1S/C19H20N2O.ClH/c22-19(18-7-4-14-20-18)21-17-12-10-16(11-13-17)9-8-15-5-2-1-3-6-15;/h1-3,5-6,8-13,18,20H,4,7,14H2,(H,21,22);1H/b9-8+;/t18-;/m1./s1. The van der Waals surface area contributed by atoms with Crippen LogP contribution in [-0.2, 0) is 4.79 Å². The van der Waals surface area contributed by atoms with Gasteiger partial charge in [0.15, 0.2) is 0 Å². The lowest BCUT2D eigenvalue weighted by atomic mass is 10.1. The van der Waals surface area contributed by atoms with Crippen LogP contribution in [0.3, 0.4) is 0 Å². The number of hydrogen-bond donors (Lipinski definition) is 2. The predicted molar refractivity (Wildman–Crippen MR) is 98.7 cm³/mol. The van der Waals surface area contributed by atoms with Crippen LogP contribution < -0.4 is 10.6 Å². The van der Waals surface area contributed by atoms with Gasteiger partial charge in [0.1, 0.15) is 0 Å². The molecule has 0 aromatic heterocycles. The Morgan fingerprint density at radius 3 is 2.26 bits per heavy atom. The molecule has 23 heavy (non-hydrogen) atoms. The minimum Gasteiger partial charge on any atom is -0.325 e. The fraction of sp³-hybridized carbons (Fsp3) is 0.211. The molecular formula is C19H21ClN2O. The second kappa shape index (κ2) is 8.51. The molecular weight excluding hydrogens is 308 g/mol. The highest BCUT2D eigenvalue weighted by Crippen LogP contribution is 2.14. The number of carbonyl (C=O) groups is 1. The largest absolute Gasteiger partial charge is 0.325 e. The Balaban J connectivity index is 0.00000192. The maximum absolute atomic E-state index is 12.0. The van der Waals surface area contributed by atoms with Gasteiger partial charge in [0, 0.05) is 5.69 Å². The quantitative estimate of drug-likeness (QED) is 0.834. The summed E-state index contributed by atoms with van der Waals surface area (Å²) in [6.45, 7) is 0.932. The summed E-state index contributed by atoms with van der Waals surface area (Å²) in [6, 6.07) is 18.1. The van der Waals surface area contributed by atoms with E-state index in [9.17, 15) is 4.79 Å². The number of rotatable bonds is 4. The van der Waals surface area contributed by atoms with Gasteiger partial charge in [0.05, 0.1) is 6.04 Å². The summed E-state index contributed by atoms with van der Waals surface area (Å²) in [5.41, 5.74) is 3.13. The van der Waals surface area contributed by atoms with Crippen molar-refractivity contribution < 1.29 is 4.79 Å². The second-order valence-electron chi connectivity index (χ2n) is 5.50. The van der Waals surface area contributed by atoms with Crippen LogP contribution >= 0.6 is 12.4 Å². The van der Waals surface area contributed by atoms with Crippen molar-refractivity contribution in [2.45, 2.75) is 18.9 Å². The highest BCUT2D eigenvalue weighted by Gasteiger charge is 2.21. The van der Waals surface area contributed by atoms with Crippen molar-refractivity contribution in [2.24, 2.45) is 0 Å². The van der Waals surface area contributed by atoms with Crippen LogP contribution in [0.25, 0.3) is 12.2 Å². The van der Waals surface area contributed by atoms with Crippen LogP contribution in [0.4, 0.5) is 5.69 Å². The van der Waals surface area contributed by atoms with Gasteiger partial charge in [-0.3, -0.25) is 4.79 Å². The first kappa shape index (κ1) is 17.3. The number of carbonyl (C=O) groups excluding carboxylic acids is 1. The van der Waals surface area contributed by atoms with E-state index in [0.29, 0.717) is 0 Å². The van der Waals surface area contributed by atoms with Gasteiger partial charge in [-0.25, -0.2) is 0 Å². The number of hydrogen-bond acceptors (Lipinski definition) is 2. The lowest BCUT2D eigenvalue weighted by Gasteiger charge is -2.11. The van der Waals surface area contributed by atoms with Crippen molar-refractivity contribution >= 4 is 36.2 Å². The first-order chi connectivity index (χ1) is 10.8. The molecule has 0 aliphatic carbocycles. The monoisotopic (exact) mass is 328 g/mol. The average Bonchev–Trinajstić information content (AvgIpc) is 3.10. The molecule has 1 aliphatic heterocycles. The van der Waals surface area contributed by atoms with Gasteiger partial charge in [-0.05, 0) is 42.6 Å². The average molecular weight is 329 g/mol. The molecule has 1 atom stereocenters. The van der Waals surface area contributed by atoms with E-state index in [-0.39, 0.29) is 24.4 Å². The van der Waals surface area contributed by atoms with E-state index in [0.717, 1.165) is 30.6 Å². The van der Waals surface area contributed by atoms with Crippen LogP contribution in [-0.4, -0.2) is 18.5 Å². The first-order valence-corrected chi connectivity index (χ1v) is 7.69. The van der Waals surface area contributed by atoms with Crippen LogP contribution in [0.2, 0.25) is 0 Å². The predicted octanol–water partition coefficient (Wildman–Crippen LogP) is 3.97. The Hall–Kier alpha value is -2.10. The molecule has 0 spiro atoms. The highest BCUT2D eigenvalue weighted by atomic mass is 35.5. The first-order valence-electron chi connectivity index (χ1n) is 7.69. The van der Waals surface area contributed by atoms with Crippen LogP contribution in [0.15, 0.2) is 54.6 Å². The molecule has 3 nitrogen and oxygen atoms in total. The number of halogens is 1. The van der Waals surface area contributed by atoms with Gasteiger partial charge in [0.2, 0.25) is 5.91 Å². The molecule has 1 fully saturated rings. The summed E-state index contributed by atoms with van der Waals surface area (Å²) in [5.74, 6) is 0.0603. The van der Waals surface area contributed by atoms with Crippen molar-refractivity contribution in [3.63, 3.8) is 0 Å². The zero-order valence-corrected chi connectivity index (χ0v) is 13.7. The maximum atomic E-state index is 12.0. The van der Waals surface area contributed by atoms with E-state index < -0.39 is 0 Å². The number of benzene rings is 2. The normalized spacial score (nSPS) is 17.0. The Kier molecular flexibility index (Phi) is 6.39. The Bertz CT molecular complexity index is 647. The van der Waals surface area contributed by atoms with E-state index in [2.05, 4.69) is 34.9 Å². The maximum Gasteiger partial charge on any atom is 0.241 e. The lowest BCUT2D eigenvalue weighted by molar-refractivity contribution is -0.117. The molecule has 2 N–H and O–H groups in total. The van der Waals surface area contributed by atoms with Crippen molar-refractivity contribution in [3.8, 4) is 0 Å². The molecule has 1 amide bonds. The van der Waals surface area contributed by atoms with Gasteiger partial charge in [-0.15, -0.1) is 12.4 Å². The summed E-state index contributed by atoms with van der Waals surface area (Å²) in [6.07, 6.45) is 6.14. The summed E-state index contributed by atoms with van der Waals surface area (Å²) >= 11 is 0. The molecule has 0 unspecified atom stereocenters. The SMILES string of the molecule is Cl.O=C(Nc1ccc(/C=C/c2ccccc2)cc1)[C@H]1CCCN1. The highest BCUT2D eigenvalue weighted by molar-refractivity contribution is 5.95. The van der Waals surface area contributed by atoms with Crippen molar-refractivity contribution in [3.05, 3.63) is 65.7 Å². The number of amides is 1. The zero-order chi connectivity index (χ0) is 15.2. The molecule has 2 aromatic rings. The topological polar surface area (TPSA) is 41.1 Å². The number of nitrogens with one attached hydrogen (secondary N) is 2.